The number of amides is 1. The number of carbonyl (C=O) groups excluding carboxylic acids is 1. The summed E-state index contributed by atoms with van der Waals surface area (Å²) < 4.78 is 0. The van der Waals surface area contributed by atoms with Crippen LogP contribution in [0.1, 0.15) is 19.3 Å². The number of nitrogens with zero attached hydrogens (tertiary/aromatic N) is 1. The molecule has 0 saturated carbocycles. The number of fused-ring (bicyclic) bond motifs is 1. The van der Waals surface area contributed by atoms with Crippen LogP contribution in [-0.4, -0.2) is 21.6 Å². The van der Waals surface area contributed by atoms with Crippen molar-refractivity contribution in [3.63, 3.8) is 0 Å². The highest BCUT2D eigenvalue weighted by atomic mass is 32.2. The molecular weight excluding hydrogens is 420 g/mol. The van der Waals surface area contributed by atoms with E-state index in [1.807, 2.05) is 66.7 Å². The smallest absolute Gasteiger partial charge is 0.252 e. The third-order valence-corrected chi connectivity index (χ3v) is 6.00. The third-order valence-electron chi connectivity index (χ3n) is 5.04. The predicted octanol–water partition coefficient (Wildman–Crippen LogP) is 5.07. The molecule has 0 aliphatic rings. The highest BCUT2D eigenvalue weighted by Crippen LogP contribution is 2.29. The molecule has 3 aromatic carbocycles. The molecule has 7 heteroatoms. The van der Waals surface area contributed by atoms with E-state index < -0.39 is 0 Å². The number of carbonyl (C=O) groups is 1. The van der Waals surface area contributed by atoms with Gasteiger partial charge in [-0.25, -0.2) is 4.98 Å². The van der Waals surface area contributed by atoms with Crippen molar-refractivity contribution in [3.8, 4) is 11.3 Å². The lowest BCUT2D eigenvalue weighted by molar-refractivity contribution is -0.116. The number of hydrogen-bond donors (Lipinski definition) is 3. The molecule has 32 heavy (non-hydrogen) atoms. The number of unbranched alkanes of at least 4 members (excludes halogenated alkanes) is 1. The Balaban J connectivity index is 1.28. The zero-order valence-corrected chi connectivity index (χ0v) is 18.3. The summed E-state index contributed by atoms with van der Waals surface area (Å²) in [4.78, 5) is 31.7. The Morgan fingerprint density at radius 3 is 2.59 bits per heavy atom. The number of aromatic nitrogens is 2. The van der Waals surface area contributed by atoms with Gasteiger partial charge in [0.15, 0.2) is 5.16 Å². The maximum atomic E-state index is 12.4. The summed E-state index contributed by atoms with van der Waals surface area (Å²) in [5.74, 6) is 0.721. The Hall–Kier alpha value is -3.58. The zero-order valence-electron chi connectivity index (χ0n) is 17.5. The van der Waals surface area contributed by atoms with Crippen LogP contribution in [0, 0.1) is 0 Å². The van der Waals surface area contributed by atoms with E-state index in [1.54, 1.807) is 0 Å². The van der Waals surface area contributed by atoms with Crippen LogP contribution < -0.4 is 16.6 Å². The van der Waals surface area contributed by atoms with Crippen LogP contribution in [0.15, 0.2) is 82.7 Å². The molecule has 0 aliphatic heterocycles. The highest BCUT2D eigenvalue weighted by molar-refractivity contribution is 7.99. The maximum absolute atomic E-state index is 12.4. The second kappa shape index (κ2) is 10.2. The van der Waals surface area contributed by atoms with Crippen molar-refractivity contribution in [2.45, 2.75) is 24.4 Å². The number of nitrogens with one attached hydrogen (secondary N) is 2. The molecule has 4 rings (SSSR count). The Bertz CT molecular complexity index is 1280. The summed E-state index contributed by atoms with van der Waals surface area (Å²) in [6, 6.07) is 22.6. The van der Waals surface area contributed by atoms with Crippen LogP contribution in [0.2, 0.25) is 0 Å². The van der Waals surface area contributed by atoms with Crippen molar-refractivity contribution in [1.82, 2.24) is 9.97 Å². The lowest BCUT2D eigenvalue weighted by Gasteiger charge is -2.10. The molecule has 162 valence electrons. The molecule has 6 nitrogen and oxygen atoms in total. The SMILES string of the molecule is Nc1cccc2cccc(NC(=O)CCCCSc3nc(-c4ccccc4)cc(=O)[nH]3)c12. The van der Waals surface area contributed by atoms with Gasteiger partial charge >= 0.3 is 0 Å². The average Bonchev–Trinajstić information content (AvgIpc) is 2.79. The third kappa shape index (κ3) is 5.36. The number of rotatable bonds is 8. The second-order valence-corrected chi connectivity index (χ2v) is 8.49. The van der Waals surface area contributed by atoms with E-state index in [0.29, 0.717) is 23.0 Å². The minimum atomic E-state index is -0.171. The first-order valence-electron chi connectivity index (χ1n) is 10.5. The van der Waals surface area contributed by atoms with Gasteiger partial charge in [0, 0.05) is 34.9 Å². The molecule has 0 radical (unpaired) electrons. The van der Waals surface area contributed by atoms with Crippen molar-refractivity contribution in [2.75, 3.05) is 16.8 Å². The number of aromatic amines is 1. The van der Waals surface area contributed by atoms with Gasteiger partial charge in [-0.3, -0.25) is 9.59 Å². The summed E-state index contributed by atoms with van der Waals surface area (Å²) in [7, 11) is 0. The van der Waals surface area contributed by atoms with Crippen molar-refractivity contribution in [1.29, 1.82) is 0 Å². The number of anilines is 2. The van der Waals surface area contributed by atoms with E-state index in [-0.39, 0.29) is 11.5 Å². The predicted molar refractivity (Wildman–Crippen MR) is 132 cm³/mol. The fraction of sp³-hybridized carbons (Fsp3) is 0.160. The maximum Gasteiger partial charge on any atom is 0.252 e. The molecule has 0 fully saturated rings. The van der Waals surface area contributed by atoms with E-state index in [0.717, 1.165) is 40.6 Å². The summed E-state index contributed by atoms with van der Waals surface area (Å²) in [6.07, 6.45) is 1.98. The topological polar surface area (TPSA) is 101 Å². The monoisotopic (exact) mass is 444 g/mol. The first-order valence-corrected chi connectivity index (χ1v) is 11.5. The molecule has 0 spiro atoms. The van der Waals surface area contributed by atoms with Crippen LogP contribution in [0.25, 0.3) is 22.0 Å². The molecule has 0 aliphatic carbocycles. The first-order chi connectivity index (χ1) is 15.6. The number of benzene rings is 3. The molecule has 0 bridgehead atoms. The van der Waals surface area contributed by atoms with Crippen LogP contribution in [0.4, 0.5) is 11.4 Å². The fourth-order valence-electron chi connectivity index (χ4n) is 3.50. The summed E-state index contributed by atoms with van der Waals surface area (Å²) >= 11 is 1.49. The van der Waals surface area contributed by atoms with E-state index in [9.17, 15) is 9.59 Å². The van der Waals surface area contributed by atoms with Crippen LogP contribution in [-0.2, 0) is 4.79 Å². The number of nitrogens with two attached hydrogens (primary N) is 1. The Labute approximate surface area is 190 Å². The highest BCUT2D eigenvalue weighted by Gasteiger charge is 2.09. The van der Waals surface area contributed by atoms with Crippen molar-refractivity contribution < 1.29 is 4.79 Å². The second-order valence-electron chi connectivity index (χ2n) is 7.41. The van der Waals surface area contributed by atoms with Gasteiger partial charge in [0.25, 0.3) is 5.56 Å². The van der Waals surface area contributed by atoms with Crippen molar-refractivity contribution in [3.05, 3.63) is 83.2 Å². The summed E-state index contributed by atoms with van der Waals surface area (Å²) in [5.41, 5.74) is 8.88. The summed E-state index contributed by atoms with van der Waals surface area (Å²) in [6.45, 7) is 0. The average molecular weight is 445 g/mol. The number of hydrogen-bond acceptors (Lipinski definition) is 5. The molecule has 1 aromatic heterocycles. The van der Waals surface area contributed by atoms with E-state index in [1.165, 1.54) is 17.8 Å². The van der Waals surface area contributed by atoms with Gasteiger partial charge in [0.05, 0.1) is 11.4 Å². The van der Waals surface area contributed by atoms with Gasteiger partial charge in [-0.15, -0.1) is 0 Å². The fourth-order valence-corrected chi connectivity index (χ4v) is 4.38. The van der Waals surface area contributed by atoms with Crippen LogP contribution in [0.3, 0.4) is 0 Å². The molecule has 4 aromatic rings. The minimum Gasteiger partial charge on any atom is -0.398 e. The molecular formula is C25H24N4O2S. The lowest BCUT2D eigenvalue weighted by atomic mass is 10.1. The number of H-pyrrole nitrogens is 1. The Morgan fingerprint density at radius 2 is 1.78 bits per heavy atom. The van der Waals surface area contributed by atoms with Crippen LogP contribution in [0.5, 0.6) is 0 Å². The quantitative estimate of drug-likeness (QED) is 0.152. The number of nitrogen functional groups attached to an aromatic ring is 1. The Kier molecular flexibility index (Phi) is 6.87. The van der Waals surface area contributed by atoms with Crippen molar-refractivity contribution in [2.24, 2.45) is 0 Å². The first kappa shape index (κ1) is 21.6. The van der Waals surface area contributed by atoms with E-state index in [4.69, 9.17) is 5.73 Å². The molecule has 1 amide bonds. The van der Waals surface area contributed by atoms with Gasteiger partial charge in [-0.05, 0) is 30.4 Å². The van der Waals surface area contributed by atoms with Gasteiger partial charge < -0.3 is 16.0 Å². The number of thioether (sulfide) groups is 1. The molecule has 0 saturated heterocycles. The van der Waals surface area contributed by atoms with Gasteiger partial charge in [0.2, 0.25) is 5.91 Å². The van der Waals surface area contributed by atoms with Crippen LogP contribution >= 0.6 is 11.8 Å². The zero-order chi connectivity index (χ0) is 22.3. The molecule has 1 heterocycles. The van der Waals surface area contributed by atoms with Crippen molar-refractivity contribution >= 4 is 39.8 Å². The largest absolute Gasteiger partial charge is 0.398 e. The van der Waals surface area contributed by atoms with Gasteiger partial charge in [0.1, 0.15) is 0 Å². The summed E-state index contributed by atoms with van der Waals surface area (Å²) in [5, 5.41) is 5.44. The minimum absolute atomic E-state index is 0.0386. The van der Waals surface area contributed by atoms with Gasteiger partial charge in [-0.2, -0.15) is 0 Å². The molecule has 0 atom stereocenters. The van der Waals surface area contributed by atoms with E-state index in [2.05, 4.69) is 15.3 Å². The normalized spacial score (nSPS) is 10.9. The lowest BCUT2D eigenvalue weighted by Crippen LogP contribution is -2.12. The molecule has 0 unspecified atom stereocenters. The Morgan fingerprint density at radius 1 is 1.00 bits per heavy atom. The molecule has 4 N–H and O–H groups in total. The standard InChI is InChI=1S/C25H24N4O2S/c26-19-12-6-10-18-11-7-13-20(24(18)19)27-22(30)14-4-5-15-32-25-28-21(16-23(31)29-25)17-8-2-1-3-9-17/h1-3,6-13,16H,4-5,14-15,26H2,(H,27,30)(H,28,29,31). The van der Waals surface area contributed by atoms with E-state index >= 15 is 0 Å². The van der Waals surface area contributed by atoms with Gasteiger partial charge in [-0.1, -0.05) is 66.4 Å².